The molecular weight excluding hydrogens is 308 g/mol. The number of aliphatic hydroxyl groups excluding tert-OH is 2. The fourth-order valence-corrected chi connectivity index (χ4v) is 1.55. The van der Waals surface area contributed by atoms with Gasteiger partial charge in [0, 0.05) is 6.54 Å². The minimum absolute atomic E-state index is 0.0721. The van der Waals surface area contributed by atoms with E-state index in [0.717, 1.165) is 12.1 Å². The van der Waals surface area contributed by atoms with Gasteiger partial charge in [-0.3, -0.25) is 0 Å². The predicted molar refractivity (Wildman–Crippen MR) is 69.4 cm³/mol. The normalized spacial score (nSPS) is 12.1. The monoisotopic (exact) mass is 324 g/mol. The van der Waals surface area contributed by atoms with E-state index in [1.807, 2.05) is 0 Å². The standard InChI is InChI=1S/C13H16F4N2O3/c1-12(6-20,7-21)19-11(22)18-5-8-2-9(13(15,16)17)4-10(14)3-8/h2-4,20-21H,5-7H2,1H3,(H2,18,19,22). The van der Waals surface area contributed by atoms with Crippen LogP contribution in [0, 0.1) is 5.82 Å². The minimum atomic E-state index is -4.69. The molecule has 1 rings (SSSR count). The molecule has 124 valence electrons. The maximum Gasteiger partial charge on any atom is 0.416 e. The van der Waals surface area contributed by atoms with Gasteiger partial charge in [0.05, 0.1) is 24.3 Å². The molecule has 0 fully saturated rings. The SMILES string of the molecule is CC(CO)(CO)NC(=O)NCc1cc(F)cc(C(F)(F)F)c1. The molecule has 2 amide bonds. The van der Waals surface area contributed by atoms with Crippen molar-refractivity contribution in [3.8, 4) is 0 Å². The zero-order valence-corrected chi connectivity index (χ0v) is 11.7. The number of alkyl halides is 3. The fraction of sp³-hybridized carbons (Fsp3) is 0.462. The summed E-state index contributed by atoms with van der Waals surface area (Å²) in [6.45, 7) is -0.0413. The molecule has 0 radical (unpaired) electrons. The zero-order chi connectivity index (χ0) is 17.0. The number of nitrogens with one attached hydrogen (secondary N) is 2. The number of rotatable bonds is 5. The Morgan fingerprint density at radius 3 is 2.27 bits per heavy atom. The number of amides is 2. The highest BCUT2D eigenvalue weighted by molar-refractivity contribution is 5.74. The van der Waals surface area contributed by atoms with E-state index < -0.39 is 42.3 Å². The highest BCUT2D eigenvalue weighted by atomic mass is 19.4. The van der Waals surface area contributed by atoms with Gasteiger partial charge in [0.25, 0.3) is 0 Å². The first kappa shape index (κ1) is 18.2. The largest absolute Gasteiger partial charge is 0.416 e. The van der Waals surface area contributed by atoms with Crippen molar-refractivity contribution in [3.63, 3.8) is 0 Å². The smallest absolute Gasteiger partial charge is 0.394 e. The quantitative estimate of drug-likeness (QED) is 0.618. The first-order chi connectivity index (χ1) is 10.1. The van der Waals surface area contributed by atoms with Crippen LogP contribution in [0.4, 0.5) is 22.4 Å². The molecule has 5 nitrogen and oxygen atoms in total. The molecule has 1 aromatic carbocycles. The number of urea groups is 1. The highest BCUT2D eigenvalue weighted by Crippen LogP contribution is 2.30. The van der Waals surface area contributed by atoms with Crippen molar-refractivity contribution in [2.45, 2.75) is 25.2 Å². The third kappa shape index (κ3) is 5.15. The number of hydrogen-bond acceptors (Lipinski definition) is 3. The van der Waals surface area contributed by atoms with Crippen LogP contribution < -0.4 is 10.6 Å². The Labute approximate surface area is 123 Å². The van der Waals surface area contributed by atoms with E-state index in [1.54, 1.807) is 0 Å². The van der Waals surface area contributed by atoms with Crippen molar-refractivity contribution >= 4 is 6.03 Å². The first-order valence-corrected chi connectivity index (χ1v) is 6.24. The molecule has 1 aromatic rings. The molecule has 0 bridgehead atoms. The Hall–Kier alpha value is -1.87. The van der Waals surface area contributed by atoms with E-state index in [1.165, 1.54) is 6.92 Å². The van der Waals surface area contributed by atoms with Crippen LogP contribution in [0.2, 0.25) is 0 Å². The average Bonchev–Trinajstić information content (AvgIpc) is 2.43. The summed E-state index contributed by atoms with van der Waals surface area (Å²) in [5.41, 5.74) is -2.50. The second-order valence-corrected chi connectivity index (χ2v) is 5.03. The Balaban J connectivity index is 2.73. The fourth-order valence-electron chi connectivity index (χ4n) is 1.55. The topological polar surface area (TPSA) is 81.6 Å². The predicted octanol–water partition coefficient (Wildman–Crippen LogP) is 1.39. The molecule has 0 atom stereocenters. The summed E-state index contributed by atoms with van der Waals surface area (Å²) in [6, 6.07) is 1.13. The molecule has 0 aromatic heterocycles. The van der Waals surface area contributed by atoms with Gasteiger partial charge in [-0.25, -0.2) is 9.18 Å². The van der Waals surface area contributed by atoms with Crippen molar-refractivity contribution in [2.24, 2.45) is 0 Å². The lowest BCUT2D eigenvalue weighted by atomic mass is 10.1. The van der Waals surface area contributed by atoms with Gasteiger partial charge < -0.3 is 20.8 Å². The molecule has 0 saturated heterocycles. The van der Waals surface area contributed by atoms with Crippen LogP contribution in [0.15, 0.2) is 18.2 Å². The third-order valence-corrected chi connectivity index (χ3v) is 2.85. The summed E-state index contributed by atoms with van der Waals surface area (Å²) in [4.78, 5) is 11.6. The molecule has 0 aliphatic heterocycles. The molecule has 0 aliphatic rings. The van der Waals surface area contributed by atoms with Crippen molar-refractivity contribution < 1.29 is 32.6 Å². The molecule has 9 heteroatoms. The molecule has 4 N–H and O–H groups in total. The summed E-state index contributed by atoms with van der Waals surface area (Å²) in [6.07, 6.45) is -4.69. The Kier molecular flexibility index (Phi) is 5.72. The second kappa shape index (κ2) is 6.93. The van der Waals surface area contributed by atoms with Crippen molar-refractivity contribution in [1.82, 2.24) is 10.6 Å². The lowest BCUT2D eigenvalue weighted by Crippen LogP contribution is -2.54. The van der Waals surface area contributed by atoms with E-state index >= 15 is 0 Å². The Morgan fingerprint density at radius 1 is 1.18 bits per heavy atom. The Bertz CT molecular complexity index is 531. The van der Waals surface area contributed by atoms with Gasteiger partial charge in [-0.1, -0.05) is 0 Å². The number of halogens is 4. The van der Waals surface area contributed by atoms with Gasteiger partial charge in [0.2, 0.25) is 0 Å². The van der Waals surface area contributed by atoms with E-state index in [2.05, 4.69) is 10.6 Å². The highest BCUT2D eigenvalue weighted by Gasteiger charge is 2.31. The first-order valence-electron chi connectivity index (χ1n) is 6.24. The summed E-state index contributed by atoms with van der Waals surface area (Å²) in [5.74, 6) is -1.07. The summed E-state index contributed by atoms with van der Waals surface area (Å²) in [7, 11) is 0. The zero-order valence-electron chi connectivity index (χ0n) is 11.7. The van der Waals surface area contributed by atoms with Crippen LogP contribution >= 0.6 is 0 Å². The number of aliphatic hydroxyl groups is 2. The van der Waals surface area contributed by atoms with Crippen LogP contribution in [0.5, 0.6) is 0 Å². The molecule has 0 saturated carbocycles. The van der Waals surface area contributed by atoms with Crippen LogP contribution in [0.1, 0.15) is 18.1 Å². The lowest BCUT2D eigenvalue weighted by Gasteiger charge is -2.26. The molecule has 22 heavy (non-hydrogen) atoms. The van der Waals surface area contributed by atoms with Gasteiger partial charge in [-0.2, -0.15) is 13.2 Å². The van der Waals surface area contributed by atoms with Crippen LogP contribution in [-0.4, -0.2) is 35.0 Å². The van der Waals surface area contributed by atoms with Crippen LogP contribution in [0.25, 0.3) is 0 Å². The summed E-state index contributed by atoms with van der Waals surface area (Å²) < 4.78 is 50.8. The van der Waals surface area contributed by atoms with Gasteiger partial charge in [-0.15, -0.1) is 0 Å². The van der Waals surface area contributed by atoms with E-state index in [0.29, 0.717) is 6.07 Å². The van der Waals surface area contributed by atoms with Crippen molar-refractivity contribution in [1.29, 1.82) is 0 Å². The maximum absolute atomic E-state index is 13.2. The number of hydrogen-bond donors (Lipinski definition) is 4. The number of carbonyl (C=O) groups excluding carboxylic acids is 1. The van der Waals surface area contributed by atoms with Gasteiger partial charge in [-0.05, 0) is 30.7 Å². The summed E-state index contributed by atoms with van der Waals surface area (Å²) in [5, 5.41) is 22.5. The molecular formula is C13H16F4N2O3. The van der Waals surface area contributed by atoms with E-state index in [4.69, 9.17) is 10.2 Å². The minimum Gasteiger partial charge on any atom is -0.394 e. The average molecular weight is 324 g/mol. The van der Waals surface area contributed by atoms with Gasteiger partial charge >= 0.3 is 12.2 Å². The lowest BCUT2D eigenvalue weighted by molar-refractivity contribution is -0.137. The van der Waals surface area contributed by atoms with Gasteiger partial charge in [0.15, 0.2) is 0 Å². The molecule has 0 heterocycles. The summed E-state index contributed by atoms with van der Waals surface area (Å²) >= 11 is 0. The number of carbonyl (C=O) groups is 1. The maximum atomic E-state index is 13.2. The number of benzene rings is 1. The molecule has 0 spiro atoms. The van der Waals surface area contributed by atoms with Gasteiger partial charge in [0.1, 0.15) is 5.82 Å². The van der Waals surface area contributed by atoms with Crippen LogP contribution in [-0.2, 0) is 12.7 Å². The van der Waals surface area contributed by atoms with E-state index in [-0.39, 0.29) is 12.1 Å². The third-order valence-electron chi connectivity index (χ3n) is 2.85. The van der Waals surface area contributed by atoms with Crippen LogP contribution in [0.3, 0.4) is 0 Å². The van der Waals surface area contributed by atoms with Crippen molar-refractivity contribution in [3.05, 3.63) is 35.1 Å². The second-order valence-electron chi connectivity index (χ2n) is 5.03. The van der Waals surface area contributed by atoms with E-state index in [9.17, 15) is 22.4 Å². The molecule has 0 unspecified atom stereocenters. The Morgan fingerprint density at radius 2 is 1.77 bits per heavy atom. The van der Waals surface area contributed by atoms with Crippen molar-refractivity contribution in [2.75, 3.05) is 13.2 Å². The molecule has 0 aliphatic carbocycles.